The fourth-order valence-electron chi connectivity index (χ4n) is 2.46. The van der Waals surface area contributed by atoms with Gasteiger partial charge in [0, 0.05) is 24.9 Å². The highest BCUT2D eigenvalue weighted by Crippen LogP contribution is 2.28. The summed E-state index contributed by atoms with van der Waals surface area (Å²) < 4.78 is 6.96. The largest absolute Gasteiger partial charge is 0.383 e. The maximum absolute atomic E-state index is 12.0. The minimum absolute atomic E-state index is 0.394. The van der Waals surface area contributed by atoms with Gasteiger partial charge in [0.05, 0.1) is 6.61 Å². The molecule has 1 aromatic carbocycles. The van der Waals surface area contributed by atoms with Crippen LogP contribution in [0.25, 0.3) is 11.1 Å². The standard InChI is InChI=1S/C17H18NO3/c1-3-14-11-15(13-7-5-4-6-8-13)17(16(20)12-19)18(14)9-10-21-2/h4-8,11H,3,9-10H2,1-2H3. The van der Waals surface area contributed by atoms with E-state index in [0.29, 0.717) is 18.8 Å². The van der Waals surface area contributed by atoms with Gasteiger partial charge in [0.15, 0.2) is 0 Å². The molecule has 21 heavy (non-hydrogen) atoms. The van der Waals surface area contributed by atoms with E-state index >= 15 is 0 Å². The third-order valence-corrected chi connectivity index (χ3v) is 3.46. The van der Waals surface area contributed by atoms with E-state index in [4.69, 9.17) is 4.74 Å². The quantitative estimate of drug-likeness (QED) is 0.580. The maximum Gasteiger partial charge on any atom is 0.279 e. The first-order valence-corrected chi connectivity index (χ1v) is 6.92. The molecular weight excluding hydrogens is 266 g/mol. The normalized spacial score (nSPS) is 10.6. The van der Waals surface area contributed by atoms with Gasteiger partial charge >= 0.3 is 0 Å². The zero-order valence-corrected chi connectivity index (χ0v) is 12.3. The monoisotopic (exact) mass is 284 g/mol. The summed E-state index contributed by atoms with van der Waals surface area (Å²) in [5.74, 6) is -0.621. The number of hydrogen-bond donors (Lipinski definition) is 0. The number of nitrogens with zero attached hydrogens (tertiary/aromatic N) is 1. The van der Waals surface area contributed by atoms with Crippen LogP contribution in [0.3, 0.4) is 0 Å². The lowest BCUT2D eigenvalue weighted by molar-refractivity contribution is 0.105. The number of ketones is 1. The van der Waals surface area contributed by atoms with Crippen molar-refractivity contribution in [1.82, 2.24) is 4.57 Å². The summed E-state index contributed by atoms with van der Waals surface area (Å²) in [4.78, 5) is 22.9. The van der Waals surface area contributed by atoms with E-state index in [-0.39, 0.29) is 0 Å². The zero-order valence-electron chi connectivity index (χ0n) is 12.3. The molecule has 0 N–H and O–H groups in total. The van der Waals surface area contributed by atoms with E-state index in [1.165, 1.54) is 6.29 Å². The predicted molar refractivity (Wildman–Crippen MR) is 81.1 cm³/mol. The number of aromatic nitrogens is 1. The summed E-state index contributed by atoms with van der Waals surface area (Å²) in [6, 6.07) is 11.6. The molecule has 109 valence electrons. The van der Waals surface area contributed by atoms with Gasteiger partial charge in [0.1, 0.15) is 5.69 Å². The zero-order chi connectivity index (χ0) is 15.2. The van der Waals surface area contributed by atoms with E-state index in [0.717, 1.165) is 23.2 Å². The lowest BCUT2D eigenvalue weighted by atomic mass is 10.0. The molecule has 4 nitrogen and oxygen atoms in total. The molecule has 0 fully saturated rings. The Morgan fingerprint density at radius 2 is 2.00 bits per heavy atom. The molecular formula is C17H18NO3. The molecule has 0 saturated carbocycles. The molecule has 0 spiro atoms. The third-order valence-electron chi connectivity index (χ3n) is 3.46. The van der Waals surface area contributed by atoms with Crippen molar-refractivity contribution in [3.05, 3.63) is 47.8 Å². The number of carbonyl (C=O) groups excluding carboxylic acids is 2. The van der Waals surface area contributed by atoms with Crippen molar-refractivity contribution in [2.45, 2.75) is 19.9 Å². The van der Waals surface area contributed by atoms with Crippen LogP contribution in [-0.4, -0.2) is 30.4 Å². The van der Waals surface area contributed by atoms with Crippen LogP contribution in [0.5, 0.6) is 0 Å². The maximum atomic E-state index is 12.0. The lowest BCUT2D eigenvalue weighted by Gasteiger charge is -2.11. The van der Waals surface area contributed by atoms with Gasteiger partial charge in [-0.25, -0.2) is 0 Å². The lowest BCUT2D eigenvalue weighted by Crippen LogP contribution is -2.15. The molecule has 0 aliphatic carbocycles. The highest BCUT2D eigenvalue weighted by molar-refractivity contribution is 6.34. The van der Waals surface area contributed by atoms with Crippen LogP contribution in [0.1, 0.15) is 23.1 Å². The Morgan fingerprint density at radius 1 is 1.29 bits per heavy atom. The number of hydrogen-bond acceptors (Lipinski definition) is 3. The van der Waals surface area contributed by atoms with Crippen molar-refractivity contribution >= 4 is 12.1 Å². The number of carbonyl (C=O) groups is 1. The molecule has 2 aromatic rings. The van der Waals surface area contributed by atoms with Gasteiger partial charge in [-0.1, -0.05) is 37.3 Å². The molecule has 0 aliphatic rings. The van der Waals surface area contributed by atoms with E-state index < -0.39 is 5.78 Å². The van der Waals surface area contributed by atoms with Gasteiger partial charge in [-0.3, -0.25) is 9.59 Å². The Balaban J connectivity index is 2.61. The average molecular weight is 284 g/mol. The van der Waals surface area contributed by atoms with Crippen LogP contribution in [0.2, 0.25) is 0 Å². The van der Waals surface area contributed by atoms with Crippen molar-refractivity contribution in [1.29, 1.82) is 0 Å². The molecule has 0 amide bonds. The van der Waals surface area contributed by atoms with E-state index in [9.17, 15) is 9.59 Å². The molecule has 1 radical (unpaired) electrons. The van der Waals surface area contributed by atoms with Gasteiger partial charge in [0.25, 0.3) is 12.1 Å². The second-order valence-electron chi connectivity index (χ2n) is 4.69. The van der Waals surface area contributed by atoms with E-state index in [1.54, 1.807) is 7.11 Å². The molecule has 0 bridgehead atoms. The van der Waals surface area contributed by atoms with E-state index in [2.05, 4.69) is 0 Å². The Kier molecular flexibility index (Phi) is 5.06. The van der Waals surface area contributed by atoms with Crippen molar-refractivity contribution < 1.29 is 14.3 Å². The third kappa shape index (κ3) is 3.11. The van der Waals surface area contributed by atoms with Crippen molar-refractivity contribution in [2.75, 3.05) is 13.7 Å². The molecule has 2 rings (SSSR count). The van der Waals surface area contributed by atoms with Crippen molar-refractivity contribution in [3.63, 3.8) is 0 Å². The Bertz CT molecular complexity index is 629. The topological polar surface area (TPSA) is 48.3 Å². The van der Waals surface area contributed by atoms with Crippen molar-refractivity contribution in [2.24, 2.45) is 0 Å². The number of methoxy groups -OCH3 is 1. The minimum atomic E-state index is -0.621. The first-order chi connectivity index (χ1) is 10.2. The average Bonchev–Trinajstić information content (AvgIpc) is 2.91. The number of benzene rings is 1. The summed E-state index contributed by atoms with van der Waals surface area (Å²) in [6.45, 7) is 3.04. The summed E-state index contributed by atoms with van der Waals surface area (Å²) in [7, 11) is 1.61. The van der Waals surface area contributed by atoms with Gasteiger partial charge in [-0.15, -0.1) is 0 Å². The Morgan fingerprint density at radius 3 is 2.57 bits per heavy atom. The van der Waals surface area contributed by atoms with Crippen LogP contribution in [0.4, 0.5) is 0 Å². The van der Waals surface area contributed by atoms with E-state index in [1.807, 2.05) is 47.9 Å². The molecule has 0 atom stereocenters. The summed E-state index contributed by atoms with van der Waals surface area (Å²) in [6.07, 6.45) is 2.27. The number of ether oxygens (including phenoxy) is 1. The second-order valence-corrected chi connectivity index (χ2v) is 4.69. The van der Waals surface area contributed by atoms with Crippen molar-refractivity contribution in [3.8, 4) is 11.1 Å². The first-order valence-electron chi connectivity index (χ1n) is 6.92. The Hall–Kier alpha value is -2.20. The minimum Gasteiger partial charge on any atom is -0.383 e. The van der Waals surface area contributed by atoms with Gasteiger partial charge in [0.2, 0.25) is 0 Å². The highest BCUT2D eigenvalue weighted by Gasteiger charge is 2.21. The molecule has 0 aliphatic heterocycles. The molecule has 1 heterocycles. The van der Waals surface area contributed by atoms with Crippen LogP contribution in [-0.2, 0) is 22.5 Å². The van der Waals surface area contributed by atoms with Crippen LogP contribution in [0.15, 0.2) is 36.4 Å². The van der Waals surface area contributed by atoms with Gasteiger partial charge in [-0.05, 0) is 18.1 Å². The summed E-state index contributed by atoms with van der Waals surface area (Å²) in [5.41, 5.74) is 3.09. The van der Waals surface area contributed by atoms with Crippen LogP contribution >= 0.6 is 0 Å². The van der Waals surface area contributed by atoms with Crippen LogP contribution in [0, 0.1) is 0 Å². The molecule has 4 heteroatoms. The summed E-state index contributed by atoms with van der Waals surface area (Å²) >= 11 is 0. The predicted octanol–water partition coefficient (Wildman–Crippen LogP) is 2.66. The number of rotatable bonds is 7. The fraction of sp³-hybridized carbons (Fsp3) is 0.294. The SMILES string of the molecule is CCc1cc(-c2ccccc2)c(C(=O)[C]=O)n1CCOC. The first kappa shape index (κ1) is 15.2. The molecule has 0 unspecified atom stereocenters. The molecule has 1 aromatic heterocycles. The Labute approximate surface area is 124 Å². The van der Waals surface area contributed by atoms with Gasteiger partial charge < -0.3 is 9.30 Å². The second kappa shape index (κ2) is 6.99. The van der Waals surface area contributed by atoms with Gasteiger partial charge in [-0.2, -0.15) is 0 Å². The smallest absolute Gasteiger partial charge is 0.279 e. The molecule has 0 saturated heterocycles. The highest BCUT2D eigenvalue weighted by atomic mass is 16.5. The van der Waals surface area contributed by atoms with Crippen LogP contribution < -0.4 is 0 Å². The fourth-order valence-corrected chi connectivity index (χ4v) is 2.46. The summed E-state index contributed by atoms with van der Waals surface area (Å²) in [5, 5.41) is 0. The number of Topliss-reactive ketones (excluding diaryl/α,β-unsaturated/α-hetero) is 1. The number of aryl methyl sites for hydroxylation is 1.